The highest BCUT2D eigenvalue weighted by atomic mass is 16.3. The predicted molar refractivity (Wildman–Crippen MR) is 71.3 cm³/mol. The van der Waals surface area contributed by atoms with Gasteiger partial charge in [-0.15, -0.1) is 0 Å². The third-order valence-corrected chi connectivity index (χ3v) is 3.30. The van der Waals surface area contributed by atoms with E-state index in [1.807, 2.05) is 30.3 Å². The highest BCUT2D eigenvalue weighted by molar-refractivity contribution is 5.81. The van der Waals surface area contributed by atoms with Gasteiger partial charge in [0.1, 0.15) is 0 Å². The van der Waals surface area contributed by atoms with Crippen molar-refractivity contribution >= 4 is 11.6 Å². The molecule has 0 spiro atoms. The van der Waals surface area contributed by atoms with E-state index in [4.69, 9.17) is 0 Å². The average Bonchev–Trinajstić information content (AvgIpc) is 2.40. The van der Waals surface area contributed by atoms with Gasteiger partial charge in [-0.2, -0.15) is 0 Å². The van der Waals surface area contributed by atoms with E-state index >= 15 is 0 Å². The number of carbonyl (C=O) groups excluding carboxylic acids is 1. The van der Waals surface area contributed by atoms with Gasteiger partial charge < -0.3 is 15.7 Å². The Morgan fingerprint density at radius 2 is 1.94 bits per heavy atom. The van der Waals surface area contributed by atoms with Crippen LogP contribution in [-0.4, -0.2) is 29.7 Å². The van der Waals surface area contributed by atoms with Crippen LogP contribution in [0.5, 0.6) is 0 Å². The van der Waals surface area contributed by atoms with Gasteiger partial charge in [0.05, 0.1) is 18.7 Å². The van der Waals surface area contributed by atoms with E-state index < -0.39 is 0 Å². The summed E-state index contributed by atoms with van der Waals surface area (Å²) in [5.41, 5.74) is 0.928. The van der Waals surface area contributed by atoms with Crippen molar-refractivity contribution in [3.05, 3.63) is 30.3 Å². The van der Waals surface area contributed by atoms with E-state index in [-0.39, 0.29) is 24.6 Å². The number of nitrogens with one attached hydrogen (secondary N) is 2. The van der Waals surface area contributed by atoms with Crippen molar-refractivity contribution in [3.63, 3.8) is 0 Å². The lowest BCUT2D eigenvalue weighted by Crippen LogP contribution is -2.46. The number of aliphatic hydroxyl groups excluding tert-OH is 1. The Morgan fingerprint density at radius 1 is 1.22 bits per heavy atom. The second-order valence-corrected chi connectivity index (χ2v) is 4.75. The first-order valence-electron chi connectivity index (χ1n) is 6.52. The van der Waals surface area contributed by atoms with Crippen molar-refractivity contribution in [2.45, 2.75) is 37.8 Å². The maximum Gasteiger partial charge on any atom is 0.239 e. The van der Waals surface area contributed by atoms with Crippen molar-refractivity contribution in [2.75, 3.05) is 11.9 Å². The number of anilines is 1. The summed E-state index contributed by atoms with van der Waals surface area (Å²) in [6.45, 7) is 0.243. The van der Waals surface area contributed by atoms with Crippen LogP contribution in [0.2, 0.25) is 0 Å². The van der Waals surface area contributed by atoms with Crippen molar-refractivity contribution < 1.29 is 9.90 Å². The lowest BCUT2D eigenvalue weighted by molar-refractivity contribution is -0.121. The largest absolute Gasteiger partial charge is 0.391 e. The normalized spacial score (nSPS) is 23.4. The Morgan fingerprint density at radius 3 is 2.67 bits per heavy atom. The number of para-hydroxylation sites is 1. The maximum atomic E-state index is 11.7. The highest BCUT2D eigenvalue weighted by Crippen LogP contribution is 2.18. The van der Waals surface area contributed by atoms with Gasteiger partial charge in [0.25, 0.3) is 0 Å². The number of benzene rings is 1. The number of hydrogen-bond donors (Lipinski definition) is 3. The molecule has 0 saturated heterocycles. The van der Waals surface area contributed by atoms with E-state index in [0.717, 1.165) is 31.4 Å². The lowest BCUT2D eigenvalue weighted by atomic mass is 9.92. The molecule has 2 unspecified atom stereocenters. The number of carbonyl (C=O) groups is 1. The van der Waals surface area contributed by atoms with Crippen molar-refractivity contribution in [2.24, 2.45) is 0 Å². The quantitative estimate of drug-likeness (QED) is 0.757. The molecule has 2 rings (SSSR count). The lowest BCUT2D eigenvalue weighted by Gasteiger charge is -2.28. The van der Waals surface area contributed by atoms with Crippen LogP contribution in [0.1, 0.15) is 25.7 Å². The third kappa shape index (κ3) is 3.74. The molecule has 0 heterocycles. The first-order valence-corrected chi connectivity index (χ1v) is 6.52. The molecule has 1 aromatic rings. The number of hydrogen-bond acceptors (Lipinski definition) is 3. The Labute approximate surface area is 107 Å². The molecule has 1 saturated carbocycles. The Balaban J connectivity index is 1.75. The van der Waals surface area contributed by atoms with Crippen molar-refractivity contribution in [1.29, 1.82) is 0 Å². The van der Waals surface area contributed by atoms with Crippen molar-refractivity contribution in [3.8, 4) is 0 Å². The first-order chi connectivity index (χ1) is 8.75. The molecule has 1 fully saturated rings. The minimum Gasteiger partial charge on any atom is -0.391 e. The number of aliphatic hydroxyl groups is 1. The Bertz CT molecular complexity index is 381. The fourth-order valence-electron chi connectivity index (χ4n) is 2.28. The van der Waals surface area contributed by atoms with Gasteiger partial charge in [-0.3, -0.25) is 4.79 Å². The van der Waals surface area contributed by atoms with Crippen LogP contribution < -0.4 is 10.6 Å². The van der Waals surface area contributed by atoms with E-state index in [1.54, 1.807) is 0 Å². The Kier molecular flexibility index (Phi) is 4.59. The molecule has 18 heavy (non-hydrogen) atoms. The van der Waals surface area contributed by atoms with E-state index in [2.05, 4.69) is 10.6 Å². The second kappa shape index (κ2) is 6.40. The molecule has 1 aliphatic carbocycles. The van der Waals surface area contributed by atoms with Crippen LogP contribution in [0.3, 0.4) is 0 Å². The molecule has 1 aromatic carbocycles. The smallest absolute Gasteiger partial charge is 0.239 e. The molecule has 4 nitrogen and oxygen atoms in total. The Hall–Kier alpha value is -1.55. The van der Waals surface area contributed by atoms with Gasteiger partial charge in [-0.05, 0) is 25.0 Å². The summed E-state index contributed by atoms with van der Waals surface area (Å²) in [7, 11) is 0. The summed E-state index contributed by atoms with van der Waals surface area (Å²) in [5, 5.41) is 15.7. The summed E-state index contributed by atoms with van der Waals surface area (Å²) in [6.07, 6.45) is 3.40. The van der Waals surface area contributed by atoms with Crippen molar-refractivity contribution in [1.82, 2.24) is 5.32 Å². The topological polar surface area (TPSA) is 61.4 Å². The van der Waals surface area contributed by atoms with Crippen LogP contribution in [0, 0.1) is 0 Å². The van der Waals surface area contributed by atoms with E-state index in [1.165, 1.54) is 0 Å². The first kappa shape index (κ1) is 12.9. The molecule has 1 amide bonds. The molecule has 0 aliphatic heterocycles. The minimum atomic E-state index is -0.389. The van der Waals surface area contributed by atoms with Crippen LogP contribution in [0.15, 0.2) is 30.3 Å². The fourth-order valence-corrected chi connectivity index (χ4v) is 2.28. The zero-order chi connectivity index (χ0) is 12.8. The number of amides is 1. The molecular weight excluding hydrogens is 228 g/mol. The summed E-state index contributed by atoms with van der Waals surface area (Å²) in [5.74, 6) is -0.0650. The van der Waals surface area contributed by atoms with Gasteiger partial charge in [0, 0.05) is 5.69 Å². The number of rotatable bonds is 4. The summed E-state index contributed by atoms with van der Waals surface area (Å²) in [4.78, 5) is 11.7. The highest BCUT2D eigenvalue weighted by Gasteiger charge is 2.24. The fraction of sp³-hybridized carbons (Fsp3) is 0.500. The van der Waals surface area contributed by atoms with E-state index in [0.29, 0.717) is 0 Å². The molecule has 98 valence electrons. The van der Waals surface area contributed by atoms with Gasteiger partial charge in [0.15, 0.2) is 0 Å². The van der Waals surface area contributed by atoms with Crippen LogP contribution >= 0.6 is 0 Å². The molecule has 4 heteroatoms. The average molecular weight is 248 g/mol. The monoisotopic (exact) mass is 248 g/mol. The van der Waals surface area contributed by atoms with Gasteiger partial charge in [0.2, 0.25) is 5.91 Å². The molecule has 0 aromatic heterocycles. The predicted octanol–water partition coefficient (Wildman–Crippen LogP) is 1.52. The summed E-state index contributed by atoms with van der Waals surface area (Å²) >= 11 is 0. The molecule has 3 N–H and O–H groups in total. The van der Waals surface area contributed by atoms with Gasteiger partial charge >= 0.3 is 0 Å². The zero-order valence-electron chi connectivity index (χ0n) is 10.4. The molecule has 0 bridgehead atoms. The van der Waals surface area contributed by atoms with Crippen LogP contribution in [0.25, 0.3) is 0 Å². The second-order valence-electron chi connectivity index (χ2n) is 4.75. The molecule has 1 aliphatic rings. The molecule has 2 atom stereocenters. The summed E-state index contributed by atoms with van der Waals surface area (Å²) < 4.78 is 0. The van der Waals surface area contributed by atoms with Gasteiger partial charge in [-0.1, -0.05) is 31.0 Å². The molecular formula is C14H20N2O2. The zero-order valence-corrected chi connectivity index (χ0v) is 10.4. The summed E-state index contributed by atoms with van der Waals surface area (Å²) in [6, 6.07) is 9.54. The van der Waals surface area contributed by atoms with Crippen LogP contribution in [0.4, 0.5) is 5.69 Å². The van der Waals surface area contributed by atoms with Crippen LogP contribution in [-0.2, 0) is 4.79 Å². The van der Waals surface area contributed by atoms with Gasteiger partial charge in [-0.25, -0.2) is 0 Å². The van der Waals surface area contributed by atoms with E-state index in [9.17, 15) is 9.90 Å². The maximum absolute atomic E-state index is 11.7. The molecule has 0 radical (unpaired) electrons. The SMILES string of the molecule is O=C(CNc1ccccc1)NC1CCCCC1O. The minimum absolute atomic E-state index is 0.0650. The standard InChI is InChI=1S/C14H20N2O2/c17-13-9-5-4-8-12(13)16-14(18)10-15-11-6-2-1-3-7-11/h1-3,6-7,12-13,15,17H,4-5,8-10H2,(H,16,18). The third-order valence-electron chi connectivity index (χ3n) is 3.30.